The summed E-state index contributed by atoms with van der Waals surface area (Å²) in [7, 11) is 0. The molecule has 2 N–H and O–H groups in total. The van der Waals surface area contributed by atoms with E-state index in [0.717, 1.165) is 29.9 Å². The molecule has 0 spiro atoms. The number of fused-ring (bicyclic) bond motifs is 2. The van der Waals surface area contributed by atoms with Gasteiger partial charge in [-0.3, -0.25) is 9.59 Å². The number of nitrogens with zero attached hydrogens (tertiary/aromatic N) is 2. The third-order valence-corrected chi connectivity index (χ3v) is 4.87. The Bertz CT molecular complexity index is 744. The quantitative estimate of drug-likeness (QED) is 0.642. The van der Waals surface area contributed by atoms with Gasteiger partial charge in [0.15, 0.2) is 5.13 Å². The first kappa shape index (κ1) is 11.6. The summed E-state index contributed by atoms with van der Waals surface area (Å²) in [5.41, 5.74) is 7.85. The van der Waals surface area contributed by atoms with Gasteiger partial charge >= 0.3 is 0 Å². The highest BCUT2D eigenvalue weighted by Crippen LogP contribution is 2.37. The van der Waals surface area contributed by atoms with Gasteiger partial charge in [-0.1, -0.05) is 6.07 Å². The second kappa shape index (κ2) is 3.89. The van der Waals surface area contributed by atoms with Crippen LogP contribution in [0.5, 0.6) is 0 Å². The molecule has 4 rings (SSSR count). The molecular formula is C14H11N3O2S. The normalized spacial score (nSPS) is 16.7. The molecule has 1 aromatic carbocycles. The van der Waals surface area contributed by atoms with Gasteiger partial charge in [-0.15, -0.1) is 11.3 Å². The number of carbonyl (C=O) groups is 2. The molecule has 2 aliphatic rings. The molecule has 6 heteroatoms. The Kier molecular flexibility index (Phi) is 2.26. The summed E-state index contributed by atoms with van der Waals surface area (Å²) in [6, 6.07) is 4.95. The van der Waals surface area contributed by atoms with Crippen molar-refractivity contribution in [3.8, 4) is 0 Å². The summed E-state index contributed by atoms with van der Waals surface area (Å²) in [5, 5.41) is 0.473. The molecule has 0 bridgehead atoms. The van der Waals surface area contributed by atoms with E-state index >= 15 is 0 Å². The first-order valence-electron chi connectivity index (χ1n) is 6.42. The first-order valence-corrected chi connectivity index (χ1v) is 7.24. The summed E-state index contributed by atoms with van der Waals surface area (Å²) in [6.45, 7) is 0. The number of hydrogen-bond acceptors (Lipinski definition) is 5. The maximum absolute atomic E-state index is 12.4. The van der Waals surface area contributed by atoms with Crippen LogP contribution in [0.25, 0.3) is 0 Å². The van der Waals surface area contributed by atoms with Crippen molar-refractivity contribution in [3.05, 3.63) is 39.9 Å². The molecule has 0 unspecified atom stereocenters. The van der Waals surface area contributed by atoms with E-state index in [9.17, 15) is 9.59 Å². The number of aromatic nitrogens is 1. The number of rotatable bonds is 1. The maximum atomic E-state index is 12.4. The number of carbonyl (C=O) groups excluding carboxylic acids is 2. The predicted octanol–water partition coefficient (Wildman–Crippen LogP) is 2.01. The van der Waals surface area contributed by atoms with Gasteiger partial charge in [0.05, 0.1) is 16.8 Å². The fraction of sp³-hybridized carbons (Fsp3) is 0.214. The van der Waals surface area contributed by atoms with Crippen LogP contribution in [0, 0.1) is 0 Å². The molecule has 100 valence electrons. The molecule has 0 saturated heterocycles. The number of amides is 2. The SMILES string of the molecule is Nc1cccc2c1C(=O)N(c1nc3c(s1)CCC3)C2=O. The second-order valence-corrected chi connectivity index (χ2v) is 6.00. The zero-order valence-electron chi connectivity index (χ0n) is 10.5. The monoisotopic (exact) mass is 285 g/mol. The number of imide groups is 1. The molecule has 20 heavy (non-hydrogen) atoms. The second-order valence-electron chi connectivity index (χ2n) is 4.94. The van der Waals surface area contributed by atoms with Crippen LogP contribution in [0.15, 0.2) is 18.2 Å². The number of nitrogens with two attached hydrogens (primary N) is 1. The van der Waals surface area contributed by atoms with E-state index in [0.29, 0.717) is 21.9 Å². The Morgan fingerprint density at radius 3 is 2.80 bits per heavy atom. The van der Waals surface area contributed by atoms with Crippen molar-refractivity contribution >= 4 is 34.0 Å². The Morgan fingerprint density at radius 1 is 1.20 bits per heavy atom. The zero-order valence-corrected chi connectivity index (χ0v) is 11.4. The lowest BCUT2D eigenvalue weighted by molar-refractivity contribution is 0.0926. The van der Waals surface area contributed by atoms with Crippen LogP contribution >= 0.6 is 11.3 Å². The summed E-state index contributed by atoms with van der Waals surface area (Å²) in [6.07, 6.45) is 3.01. The van der Waals surface area contributed by atoms with E-state index in [1.807, 2.05) is 0 Å². The number of benzene rings is 1. The van der Waals surface area contributed by atoms with Gasteiger partial charge in [0, 0.05) is 10.6 Å². The van der Waals surface area contributed by atoms with E-state index in [-0.39, 0.29) is 11.8 Å². The van der Waals surface area contributed by atoms with Crippen LogP contribution in [0.2, 0.25) is 0 Å². The average molecular weight is 285 g/mol. The average Bonchev–Trinajstić information content (AvgIpc) is 3.04. The van der Waals surface area contributed by atoms with Crippen LogP contribution < -0.4 is 10.6 Å². The standard InChI is InChI=1S/C14H11N3O2S/c15-8-4-1-3-7-11(8)13(19)17(12(7)18)14-16-9-5-2-6-10(9)20-14/h1,3-4H,2,5-6,15H2. The molecule has 0 saturated carbocycles. The highest BCUT2D eigenvalue weighted by molar-refractivity contribution is 7.16. The van der Waals surface area contributed by atoms with Crippen LogP contribution in [0.4, 0.5) is 10.8 Å². The van der Waals surface area contributed by atoms with Crippen molar-refractivity contribution in [3.63, 3.8) is 0 Å². The van der Waals surface area contributed by atoms with Gasteiger partial charge in [0.2, 0.25) is 0 Å². The zero-order chi connectivity index (χ0) is 13.9. The number of anilines is 2. The van der Waals surface area contributed by atoms with Gasteiger partial charge < -0.3 is 5.73 Å². The Morgan fingerprint density at radius 2 is 2.05 bits per heavy atom. The van der Waals surface area contributed by atoms with E-state index in [2.05, 4.69) is 4.98 Å². The maximum Gasteiger partial charge on any atom is 0.270 e. The van der Waals surface area contributed by atoms with Crippen molar-refractivity contribution in [2.45, 2.75) is 19.3 Å². The lowest BCUT2D eigenvalue weighted by atomic mass is 10.1. The molecular weight excluding hydrogens is 274 g/mol. The van der Waals surface area contributed by atoms with Crippen LogP contribution in [0.1, 0.15) is 37.7 Å². The topological polar surface area (TPSA) is 76.3 Å². The van der Waals surface area contributed by atoms with Gasteiger partial charge in [0.1, 0.15) is 0 Å². The fourth-order valence-electron chi connectivity index (χ4n) is 2.76. The van der Waals surface area contributed by atoms with E-state index < -0.39 is 0 Å². The van der Waals surface area contributed by atoms with E-state index in [4.69, 9.17) is 5.73 Å². The van der Waals surface area contributed by atoms with Gasteiger partial charge in [-0.2, -0.15) is 0 Å². The molecule has 2 aromatic rings. The largest absolute Gasteiger partial charge is 0.398 e. The third-order valence-electron chi connectivity index (χ3n) is 3.72. The van der Waals surface area contributed by atoms with Crippen molar-refractivity contribution in [2.24, 2.45) is 0 Å². The van der Waals surface area contributed by atoms with Crippen LogP contribution in [0.3, 0.4) is 0 Å². The molecule has 2 heterocycles. The minimum atomic E-state index is -0.365. The summed E-state index contributed by atoms with van der Waals surface area (Å²) < 4.78 is 0. The van der Waals surface area contributed by atoms with Crippen LogP contribution in [-0.2, 0) is 12.8 Å². The van der Waals surface area contributed by atoms with Gasteiger partial charge in [-0.25, -0.2) is 9.88 Å². The summed E-state index contributed by atoms with van der Waals surface area (Å²) in [5.74, 6) is -0.694. The smallest absolute Gasteiger partial charge is 0.270 e. The molecule has 2 amide bonds. The Balaban J connectivity index is 1.83. The molecule has 1 aliphatic heterocycles. The highest BCUT2D eigenvalue weighted by atomic mass is 32.1. The Hall–Kier alpha value is -2.21. The molecule has 5 nitrogen and oxygen atoms in total. The lowest BCUT2D eigenvalue weighted by Crippen LogP contribution is -2.29. The molecule has 0 atom stereocenters. The van der Waals surface area contributed by atoms with E-state index in [1.165, 1.54) is 16.2 Å². The van der Waals surface area contributed by atoms with Gasteiger partial charge in [-0.05, 0) is 31.4 Å². The number of hydrogen-bond donors (Lipinski definition) is 1. The summed E-state index contributed by atoms with van der Waals surface area (Å²) in [4.78, 5) is 31.6. The van der Waals surface area contributed by atoms with Crippen molar-refractivity contribution in [1.29, 1.82) is 0 Å². The lowest BCUT2D eigenvalue weighted by Gasteiger charge is -2.09. The fourth-order valence-corrected chi connectivity index (χ4v) is 3.90. The molecule has 0 radical (unpaired) electrons. The Labute approximate surface area is 119 Å². The van der Waals surface area contributed by atoms with Crippen LogP contribution in [-0.4, -0.2) is 16.8 Å². The summed E-state index contributed by atoms with van der Waals surface area (Å²) >= 11 is 1.44. The molecule has 1 aromatic heterocycles. The van der Waals surface area contributed by atoms with Crippen molar-refractivity contribution in [2.75, 3.05) is 10.6 Å². The first-order chi connectivity index (χ1) is 9.66. The number of thiazole rings is 1. The number of nitrogen functional groups attached to an aromatic ring is 1. The molecule has 0 fully saturated rings. The third kappa shape index (κ3) is 1.39. The molecule has 1 aliphatic carbocycles. The number of aryl methyl sites for hydroxylation is 2. The predicted molar refractivity (Wildman–Crippen MR) is 76.1 cm³/mol. The van der Waals surface area contributed by atoms with Crippen molar-refractivity contribution < 1.29 is 9.59 Å². The minimum absolute atomic E-state index is 0.299. The van der Waals surface area contributed by atoms with Gasteiger partial charge in [0.25, 0.3) is 11.8 Å². The van der Waals surface area contributed by atoms with Crippen molar-refractivity contribution in [1.82, 2.24) is 4.98 Å². The highest BCUT2D eigenvalue weighted by Gasteiger charge is 2.40. The minimum Gasteiger partial charge on any atom is -0.398 e. The van der Waals surface area contributed by atoms with E-state index in [1.54, 1.807) is 18.2 Å².